The van der Waals surface area contributed by atoms with Crippen LogP contribution >= 0.6 is 22.6 Å². The number of methoxy groups -OCH3 is 1. The minimum Gasteiger partial charge on any atom is -0.493 e. The molecule has 1 aliphatic heterocycles. The Bertz CT molecular complexity index is 887. The van der Waals surface area contributed by atoms with Crippen LogP contribution < -0.4 is 9.47 Å². The van der Waals surface area contributed by atoms with Crippen molar-refractivity contribution in [2.45, 2.75) is 58.4 Å². The van der Waals surface area contributed by atoms with Crippen molar-refractivity contribution in [1.29, 1.82) is 0 Å². The summed E-state index contributed by atoms with van der Waals surface area (Å²) in [6, 6.07) is 5.08. The number of carbonyl (C=O) groups excluding carboxylic acids is 4. The number of carbonyl (C=O) groups is 4. The van der Waals surface area contributed by atoms with Crippen LogP contribution in [0.4, 0.5) is 0 Å². The molecule has 2 rings (SSSR count). The average Bonchev–Trinajstić information content (AvgIpc) is 2.71. The van der Waals surface area contributed by atoms with Gasteiger partial charge in [0.1, 0.15) is 12.7 Å². The number of halogens is 1. The molecule has 1 heterocycles. The Morgan fingerprint density at radius 1 is 0.848 bits per heavy atom. The van der Waals surface area contributed by atoms with E-state index in [0.29, 0.717) is 5.75 Å². The third kappa shape index (κ3) is 7.74. The Morgan fingerprint density at radius 3 is 1.97 bits per heavy atom. The average molecular weight is 580 g/mol. The lowest BCUT2D eigenvalue weighted by Crippen LogP contribution is -2.63. The third-order valence-corrected chi connectivity index (χ3v) is 4.99. The van der Waals surface area contributed by atoms with Gasteiger partial charge in [-0.2, -0.15) is 0 Å². The van der Waals surface area contributed by atoms with Crippen LogP contribution in [0.25, 0.3) is 0 Å². The summed E-state index contributed by atoms with van der Waals surface area (Å²) in [5.74, 6) is -2.15. The highest BCUT2D eigenvalue weighted by molar-refractivity contribution is 14.1. The summed E-state index contributed by atoms with van der Waals surface area (Å²) in [6.45, 7) is 4.29. The van der Waals surface area contributed by atoms with E-state index in [1.165, 1.54) is 14.0 Å². The minimum atomic E-state index is -1.33. The van der Waals surface area contributed by atoms with E-state index >= 15 is 0 Å². The zero-order valence-corrected chi connectivity index (χ0v) is 20.9. The molecule has 1 fully saturated rings. The van der Waals surface area contributed by atoms with Crippen molar-refractivity contribution in [3.8, 4) is 11.5 Å². The molecule has 0 N–H and O–H groups in total. The lowest BCUT2D eigenvalue weighted by molar-refractivity contribution is -0.288. The zero-order valence-electron chi connectivity index (χ0n) is 18.7. The van der Waals surface area contributed by atoms with Gasteiger partial charge in [-0.1, -0.05) is 0 Å². The molecule has 5 atom stereocenters. The van der Waals surface area contributed by atoms with Crippen molar-refractivity contribution in [1.82, 2.24) is 0 Å². The highest BCUT2D eigenvalue weighted by atomic mass is 127. The van der Waals surface area contributed by atoms with Crippen LogP contribution in [0.5, 0.6) is 11.5 Å². The Morgan fingerprint density at radius 2 is 1.42 bits per heavy atom. The van der Waals surface area contributed by atoms with Crippen LogP contribution in [0.15, 0.2) is 18.2 Å². The maximum atomic E-state index is 11.9. The predicted octanol–water partition coefficient (Wildman–Crippen LogP) is 1.76. The molecule has 12 heteroatoms. The molecule has 0 amide bonds. The standard InChI is InChI=1S/C21H25IO11/c1-10(23)28-9-17-18(29-11(2)24)19(30-12(3)25)20(31-13(4)26)21(33-17)32-15-7-6-14(22)8-16(15)27-5/h6-8,17-21H,9H2,1-5H3/t17-,18-,19+,20+,21+/m1/s1. The molecular formula is C21H25IO11. The monoisotopic (exact) mass is 580 g/mol. The van der Waals surface area contributed by atoms with E-state index in [-0.39, 0.29) is 12.4 Å². The molecular weight excluding hydrogens is 555 g/mol. The zero-order chi connectivity index (χ0) is 24.7. The second-order valence-electron chi connectivity index (χ2n) is 6.98. The first-order chi connectivity index (χ1) is 15.5. The van der Waals surface area contributed by atoms with Crippen LogP contribution in [0.1, 0.15) is 27.7 Å². The number of benzene rings is 1. The summed E-state index contributed by atoms with van der Waals surface area (Å²) >= 11 is 2.10. The molecule has 0 radical (unpaired) electrons. The Labute approximate surface area is 204 Å². The first-order valence-corrected chi connectivity index (χ1v) is 10.9. The molecule has 1 aliphatic rings. The second-order valence-corrected chi connectivity index (χ2v) is 8.23. The van der Waals surface area contributed by atoms with E-state index in [2.05, 4.69) is 22.6 Å². The summed E-state index contributed by atoms with van der Waals surface area (Å²) in [6.07, 6.45) is -6.33. The number of esters is 4. The van der Waals surface area contributed by atoms with Crippen molar-refractivity contribution in [2.24, 2.45) is 0 Å². The highest BCUT2D eigenvalue weighted by Crippen LogP contribution is 2.35. The van der Waals surface area contributed by atoms with Crippen LogP contribution in [0.2, 0.25) is 0 Å². The molecule has 0 bridgehead atoms. The van der Waals surface area contributed by atoms with Crippen molar-refractivity contribution >= 4 is 46.5 Å². The van der Waals surface area contributed by atoms with Crippen LogP contribution in [-0.4, -0.2) is 68.3 Å². The van der Waals surface area contributed by atoms with E-state index in [1.54, 1.807) is 18.2 Å². The van der Waals surface area contributed by atoms with Crippen LogP contribution in [-0.2, 0) is 42.9 Å². The molecule has 0 aliphatic carbocycles. The largest absolute Gasteiger partial charge is 0.493 e. The molecule has 182 valence electrons. The van der Waals surface area contributed by atoms with E-state index in [0.717, 1.165) is 24.3 Å². The molecule has 11 nitrogen and oxygen atoms in total. The fourth-order valence-corrected chi connectivity index (χ4v) is 3.61. The van der Waals surface area contributed by atoms with Gasteiger partial charge in [-0.05, 0) is 40.8 Å². The van der Waals surface area contributed by atoms with Gasteiger partial charge in [0.25, 0.3) is 0 Å². The van der Waals surface area contributed by atoms with Gasteiger partial charge in [0.05, 0.1) is 7.11 Å². The minimum absolute atomic E-state index is 0.249. The molecule has 0 saturated carbocycles. The smallest absolute Gasteiger partial charge is 0.303 e. The number of hydrogen-bond acceptors (Lipinski definition) is 11. The molecule has 33 heavy (non-hydrogen) atoms. The van der Waals surface area contributed by atoms with E-state index in [4.69, 9.17) is 33.2 Å². The Kier molecular flexibility index (Phi) is 9.70. The van der Waals surface area contributed by atoms with Crippen LogP contribution in [0, 0.1) is 3.57 Å². The highest BCUT2D eigenvalue weighted by Gasteiger charge is 2.53. The first kappa shape index (κ1) is 26.6. The van der Waals surface area contributed by atoms with E-state index in [9.17, 15) is 19.2 Å². The molecule has 0 unspecified atom stereocenters. The number of ether oxygens (including phenoxy) is 7. The van der Waals surface area contributed by atoms with Gasteiger partial charge in [-0.3, -0.25) is 19.2 Å². The quantitative estimate of drug-likeness (QED) is 0.253. The van der Waals surface area contributed by atoms with Gasteiger partial charge < -0.3 is 33.2 Å². The lowest BCUT2D eigenvalue weighted by atomic mass is 9.98. The summed E-state index contributed by atoms with van der Waals surface area (Å²) in [7, 11) is 1.45. The van der Waals surface area contributed by atoms with Gasteiger partial charge in [-0.25, -0.2) is 0 Å². The van der Waals surface area contributed by atoms with E-state index < -0.39 is 54.6 Å². The molecule has 1 aromatic rings. The topological polar surface area (TPSA) is 133 Å². The number of hydrogen-bond donors (Lipinski definition) is 0. The fraction of sp³-hybridized carbons (Fsp3) is 0.524. The van der Waals surface area contributed by atoms with Gasteiger partial charge in [0.2, 0.25) is 12.4 Å². The SMILES string of the molecule is COc1cc(I)ccc1O[C@H]1O[C@H](COC(C)=O)[C@@H](OC(C)=O)[C@H](OC(C)=O)[C@@H]1OC(C)=O. The van der Waals surface area contributed by atoms with E-state index in [1.807, 2.05) is 0 Å². The van der Waals surface area contributed by atoms with Gasteiger partial charge in [0.15, 0.2) is 23.7 Å². The Hall–Kier alpha value is -2.61. The van der Waals surface area contributed by atoms with Crippen molar-refractivity contribution in [3.05, 3.63) is 21.8 Å². The fourth-order valence-electron chi connectivity index (χ4n) is 3.15. The Balaban J connectivity index is 2.50. The van der Waals surface area contributed by atoms with Gasteiger partial charge >= 0.3 is 23.9 Å². The lowest BCUT2D eigenvalue weighted by Gasteiger charge is -2.44. The summed E-state index contributed by atoms with van der Waals surface area (Å²) < 4.78 is 39.2. The molecule has 1 aromatic carbocycles. The normalized spacial score (nSPS) is 24.2. The van der Waals surface area contributed by atoms with Crippen molar-refractivity contribution < 1.29 is 52.3 Å². The predicted molar refractivity (Wildman–Crippen MR) is 118 cm³/mol. The van der Waals surface area contributed by atoms with Gasteiger partial charge in [0, 0.05) is 31.3 Å². The maximum Gasteiger partial charge on any atom is 0.303 e. The summed E-state index contributed by atoms with van der Waals surface area (Å²) in [5, 5.41) is 0. The van der Waals surface area contributed by atoms with Crippen LogP contribution in [0.3, 0.4) is 0 Å². The van der Waals surface area contributed by atoms with Crippen molar-refractivity contribution in [2.75, 3.05) is 13.7 Å². The summed E-state index contributed by atoms with van der Waals surface area (Å²) in [4.78, 5) is 46.9. The molecule has 0 spiro atoms. The first-order valence-electron chi connectivity index (χ1n) is 9.82. The van der Waals surface area contributed by atoms with Gasteiger partial charge in [-0.15, -0.1) is 0 Å². The molecule has 0 aromatic heterocycles. The maximum absolute atomic E-state index is 11.9. The second kappa shape index (κ2) is 12.0. The third-order valence-electron chi connectivity index (χ3n) is 4.32. The van der Waals surface area contributed by atoms with Crippen molar-refractivity contribution in [3.63, 3.8) is 0 Å². The number of rotatable bonds is 8. The molecule has 1 saturated heterocycles. The summed E-state index contributed by atoms with van der Waals surface area (Å²) in [5.41, 5.74) is 0.